The van der Waals surface area contributed by atoms with Gasteiger partial charge < -0.3 is 26.6 Å². The van der Waals surface area contributed by atoms with E-state index in [9.17, 15) is 18.4 Å². The van der Waals surface area contributed by atoms with Gasteiger partial charge in [-0.15, -0.1) is 0 Å². The van der Waals surface area contributed by atoms with Crippen molar-refractivity contribution in [2.75, 3.05) is 18.5 Å². The Morgan fingerprint density at radius 1 is 1.21 bits per heavy atom. The van der Waals surface area contributed by atoms with Crippen LogP contribution in [0, 0.1) is 21.0 Å². The quantitative estimate of drug-likeness (QED) is 0.110. The highest BCUT2D eigenvalue weighted by atomic mass is 127. The Labute approximate surface area is 207 Å². The molecule has 2 rings (SSSR count). The number of anilines is 2. The molecule has 9 nitrogen and oxygen atoms in total. The summed E-state index contributed by atoms with van der Waals surface area (Å²) in [4.78, 5) is 29.0. The first kappa shape index (κ1) is 27.8. The van der Waals surface area contributed by atoms with Crippen molar-refractivity contribution in [3.8, 4) is 0 Å². The van der Waals surface area contributed by atoms with E-state index in [2.05, 4.69) is 5.32 Å². The van der Waals surface area contributed by atoms with Crippen LogP contribution in [0.1, 0.15) is 41.9 Å². The van der Waals surface area contributed by atoms with Gasteiger partial charge in [-0.05, 0) is 53.3 Å². The monoisotopic (exact) mass is 596 g/mol. The number of halogens is 4. The number of benzene rings is 2. The number of hydrogen-bond donors (Lipinski definition) is 5. The molecule has 13 heteroatoms. The Kier molecular flexibility index (Phi) is 10.5. The zero-order valence-corrected chi connectivity index (χ0v) is 20.2. The zero-order valence-electron chi connectivity index (χ0n) is 18.0. The Hall–Kier alpha value is -2.46. The normalized spacial score (nSPS) is 12.8. The van der Waals surface area contributed by atoms with Gasteiger partial charge in [-0.3, -0.25) is 14.4 Å². The van der Waals surface area contributed by atoms with Gasteiger partial charge in [0, 0.05) is 9.13 Å². The van der Waals surface area contributed by atoms with E-state index in [0.29, 0.717) is 9.99 Å². The van der Waals surface area contributed by atoms with E-state index in [0.717, 1.165) is 12.1 Å². The molecule has 0 aliphatic heterocycles. The molecule has 2 unspecified atom stereocenters. The van der Waals surface area contributed by atoms with Crippen molar-refractivity contribution in [2.45, 2.75) is 32.1 Å². The molecule has 2 amide bonds. The van der Waals surface area contributed by atoms with Crippen LogP contribution < -0.4 is 22.3 Å². The molecule has 0 aromatic heterocycles. The maximum atomic E-state index is 15.1. The molecule has 2 atom stereocenters. The first-order valence-corrected chi connectivity index (χ1v) is 11.2. The maximum Gasteiger partial charge on any atom is 0.277 e. The fraction of sp³-hybridized carbons (Fsp3) is 0.333. The van der Waals surface area contributed by atoms with E-state index in [1.807, 2.05) is 28.1 Å². The number of amides is 2. The van der Waals surface area contributed by atoms with Gasteiger partial charge in [0.2, 0.25) is 5.91 Å². The Balaban J connectivity index is 2.53. The van der Waals surface area contributed by atoms with Gasteiger partial charge in [0.25, 0.3) is 5.91 Å². The molecular weight excluding hydrogens is 572 g/mol. The molecule has 0 radical (unpaired) electrons. The lowest BCUT2D eigenvalue weighted by atomic mass is 10.0. The first-order chi connectivity index (χ1) is 16.1. The predicted octanol–water partition coefficient (Wildman–Crippen LogP) is 2.73. The Morgan fingerprint density at radius 2 is 1.91 bits per heavy atom. The number of nitrogens with one attached hydrogen (secondary N) is 2. The van der Waals surface area contributed by atoms with Crippen LogP contribution in [0.15, 0.2) is 24.3 Å². The molecule has 0 aliphatic rings. The minimum atomic E-state index is -1.66. The molecule has 0 fully saturated rings. The summed E-state index contributed by atoms with van der Waals surface area (Å²) < 4.78 is 50.3. The summed E-state index contributed by atoms with van der Waals surface area (Å²) in [7, 11) is 0. The number of ether oxygens (including phenoxy) is 1. The van der Waals surface area contributed by atoms with Gasteiger partial charge in [-0.2, -0.15) is 0 Å². The molecular formula is C21H24F3IN4O5. The van der Waals surface area contributed by atoms with Crippen LogP contribution in [-0.4, -0.2) is 36.2 Å². The lowest BCUT2D eigenvalue weighted by Crippen LogP contribution is -2.35. The van der Waals surface area contributed by atoms with Crippen LogP contribution in [0.3, 0.4) is 0 Å². The molecule has 34 heavy (non-hydrogen) atoms. The molecule has 0 saturated carbocycles. The standard InChI is InChI=1S/C21H24F3IN4O5/c1-2-3-15(19(26)31)34-20(27)11-9-12(21(32)29-33-7-6-30)18(17(24)16(11)23)28-14-5-4-10(25)8-13(14)22/h4-5,8-9,15,20,28,30H,2-3,6-7,27H2,1H3,(H2,26,31)(H,29,32). The summed E-state index contributed by atoms with van der Waals surface area (Å²) in [6.07, 6.45) is -2.16. The molecule has 0 bridgehead atoms. The lowest BCUT2D eigenvalue weighted by molar-refractivity contribution is -0.134. The molecule has 0 aliphatic carbocycles. The number of nitrogens with two attached hydrogens (primary N) is 2. The van der Waals surface area contributed by atoms with E-state index in [1.54, 1.807) is 6.92 Å². The first-order valence-electron chi connectivity index (χ1n) is 10.1. The largest absolute Gasteiger partial charge is 0.394 e. The van der Waals surface area contributed by atoms with Gasteiger partial charge in [0.05, 0.1) is 30.2 Å². The van der Waals surface area contributed by atoms with E-state index in [-0.39, 0.29) is 18.7 Å². The smallest absolute Gasteiger partial charge is 0.277 e. The molecule has 2 aromatic carbocycles. The fourth-order valence-electron chi connectivity index (χ4n) is 2.89. The third-order valence-corrected chi connectivity index (χ3v) is 5.19. The highest BCUT2D eigenvalue weighted by Crippen LogP contribution is 2.33. The number of primary amides is 1. The van der Waals surface area contributed by atoms with Gasteiger partial charge in [-0.1, -0.05) is 13.3 Å². The topological polar surface area (TPSA) is 149 Å². The highest BCUT2D eigenvalue weighted by molar-refractivity contribution is 14.1. The summed E-state index contributed by atoms with van der Waals surface area (Å²) in [6.45, 7) is 1.05. The summed E-state index contributed by atoms with van der Waals surface area (Å²) in [5, 5.41) is 11.2. The van der Waals surface area contributed by atoms with Crippen LogP contribution in [0.5, 0.6) is 0 Å². The lowest BCUT2D eigenvalue weighted by Gasteiger charge is -2.22. The summed E-state index contributed by atoms with van der Waals surface area (Å²) in [5.74, 6) is -5.70. The van der Waals surface area contributed by atoms with Gasteiger partial charge in [0.1, 0.15) is 18.1 Å². The van der Waals surface area contributed by atoms with E-state index in [4.69, 9.17) is 26.1 Å². The van der Waals surface area contributed by atoms with Gasteiger partial charge in [0.15, 0.2) is 11.6 Å². The zero-order chi connectivity index (χ0) is 25.4. The Bertz CT molecular complexity index is 1040. The molecule has 0 heterocycles. The SMILES string of the molecule is CCCC(OC(N)c1cc(C(=O)NOCCO)c(Nc2ccc(I)cc2F)c(F)c1F)C(N)=O. The van der Waals surface area contributed by atoms with E-state index in [1.165, 1.54) is 12.1 Å². The molecule has 0 spiro atoms. The number of aliphatic hydroxyl groups is 1. The van der Waals surface area contributed by atoms with Crippen LogP contribution in [0.25, 0.3) is 0 Å². The minimum Gasteiger partial charge on any atom is -0.394 e. The van der Waals surface area contributed by atoms with Crippen LogP contribution in [-0.2, 0) is 14.4 Å². The molecule has 186 valence electrons. The highest BCUT2D eigenvalue weighted by Gasteiger charge is 2.28. The fourth-order valence-corrected chi connectivity index (χ4v) is 3.34. The number of hydroxylamine groups is 1. The maximum absolute atomic E-state index is 15.1. The number of aliphatic hydroxyl groups excluding tert-OH is 1. The van der Waals surface area contributed by atoms with Crippen molar-refractivity contribution in [1.29, 1.82) is 0 Å². The average Bonchev–Trinajstić information content (AvgIpc) is 2.78. The number of carbonyl (C=O) groups is 2. The Morgan fingerprint density at radius 3 is 2.50 bits per heavy atom. The second kappa shape index (κ2) is 12.9. The third-order valence-electron chi connectivity index (χ3n) is 4.51. The summed E-state index contributed by atoms with van der Waals surface area (Å²) >= 11 is 1.87. The van der Waals surface area contributed by atoms with E-state index >= 15 is 4.39 Å². The predicted molar refractivity (Wildman–Crippen MR) is 125 cm³/mol. The third kappa shape index (κ3) is 7.02. The van der Waals surface area contributed by atoms with Crippen molar-refractivity contribution in [3.05, 3.63) is 56.4 Å². The number of hydrogen-bond acceptors (Lipinski definition) is 7. The number of carbonyl (C=O) groups excluding carboxylic acids is 2. The van der Waals surface area contributed by atoms with Crippen molar-refractivity contribution < 1.29 is 37.4 Å². The van der Waals surface area contributed by atoms with E-state index < -0.39 is 65.0 Å². The van der Waals surface area contributed by atoms with Crippen molar-refractivity contribution in [3.63, 3.8) is 0 Å². The van der Waals surface area contributed by atoms with Crippen molar-refractivity contribution in [1.82, 2.24) is 5.48 Å². The summed E-state index contributed by atoms with van der Waals surface area (Å²) in [6, 6.07) is 4.83. The molecule has 0 saturated heterocycles. The second-order valence-electron chi connectivity index (χ2n) is 7.01. The van der Waals surface area contributed by atoms with Gasteiger partial charge >= 0.3 is 0 Å². The minimum absolute atomic E-state index is 0.182. The molecule has 2 aromatic rings. The second-order valence-corrected chi connectivity index (χ2v) is 8.25. The van der Waals surface area contributed by atoms with Crippen molar-refractivity contribution >= 4 is 45.8 Å². The number of rotatable bonds is 12. The van der Waals surface area contributed by atoms with Crippen LogP contribution in [0.4, 0.5) is 24.5 Å². The average molecular weight is 596 g/mol. The van der Waals surface area contributed by atoms with Crippen LogP contribution in [0.2, 0.25) is 0 Å². The van der Waals surface area contributed by atoms with Crippen molar-refractivity contribution in [2.24, 2.45) is 11.5 Å². The summed E-state index contributed by atoms with van der Waals surface area (Å²) in [5.41, 5.74) is 11.1. The van der Waals surface area contributed by atoms with Gasteiger partial charge in [-0.25, -0.2) is 18.7 Å². The van der Waals surface area contributed by atoms with Crippen LogP contribution >= 0.6 is 22.6 Å². The molecule has 7 N–H and O–H groups in total.